The first-order valence-electron chi connectivity index (χ1n) is 9.07. The van der Waals surface area contributed by atoms with Gasteiger partial charge in [-0.15, -0.1) is 10.2 Å². The molecule has 3 aromatic rings. The number of benzene rings is 2. The Bertz CT molecular complexity index is 1100. The average molecular weight is 447 g/mol. The number of nitro benzene ring substituents is 1. The molecule has 154 valence electrons. The molecule has 2 aromatic carbocycles. The average Bonchev–Trinajstić information content (AvgIpc) is 3.28. The smallest absolute Gasteiger partial charge is 0.294 e. The molecule has 1 amide bonds. The topological polar surface area (TPSA) is 97.4 Å². The molecule has 0 N–H and O–H groups in total. The molecule has 0 saturated carbocycles. The van der Waals surface area contributed by atoms with E-state index in [1.54, 1.807) is 33.7 Å². The number of amides is 1. The lowest BCUT2D eigenvalue weighted by Crippen LogP contribution is -2.49. The number of hydrogen-bond donors (Lipinski definition) is 0. The summed E-state index contributed by atoms with van der Waals surface area (Å²) in [7, 11) is 0. The minimum atomic E-state index is -0.409. The van der Waals surface area contributed by atoms with E-state index in [0.717, 1.165) is 0 Å². The van der Waals surface area contributed by atoms with Gasteiger partial charge in [-0.3, -0.25) is 19.5 Å². The van der Waals surface area contributed by atoms with Crippen LogP contribution < -0.4 is 4.90 Å². The highest BCUT2D eigenvalue weighted by Gasteiger charge is 2.27. The van der Waals surface area contributed by atoms with E-state index >= 15 is 0 Å². The van der Waals surface area contributed by atoms with Gasteiger partial charge in [0.05, 0.1) is 21.2 Å². The first-order valence-corrected chi connectivity index (χ1v) is 9.82. The zero-order chi connectivity index (χ0) is 21.3. The monoisotopic (exact) mass is 446 g/mol. The maximum absolute atomic E-state index is 12.8. The van der Waals surface area contributed by atoms with E-state index in [1.165, 1.54) is 24.8 Å². The fraction of sp³-hybridized carbons (Fsp3) is 0.211. The highest BCUT2D eigenvalue weighted by atomic mass is 35.5. The van der Waals surface area contributed by atoms with Crippen LogP contribution in [0.4, 0.5) is 11.4 Å². The van der Waals surface area contributed by atoms with Gasteiger partial charge in [0, 0.05) is 37.3 Å². The third-order valence-electron chi connectivity index (χ3n) is 4.94. The van der Waals surface area contributed by atoms with Gasteiger partial charge in [0.1, 0.15) is 18.3 Å². The third-order valence-corrected chi connectivity index (χ3v) is 5.49. The number of rotatable bonds is 4. The lowest BCUT2D eigenvalue weighted by atomic mass is 10.1. The van der Waals surface area contributed by atoms with Crippen LogP contribution in [0.15, 0.2) is 49.1 Å². The van der Waals surface area contributed by atoms with Crippen LogP contribution in [0.25, 0.3) is 5.69 Å². The molecule has 1 aromatic heterocycles. The Hall–Kier alpha value is -3.17. The van der Waals surface area contributed by atoms with Crippen LogP contribution in [0.5, 0.6) is 0 Å². The summed E-state index contributed by atoms with van der Waals surface area (Å²) in [5, 5.41) is 19.9. The van der Waals surface area contributed by atoms with Gasteiger partial charge in [-0.1, -0.05) is 23.2 Å². The molecule has 1 aliphatic heterocycles. The number of anilines is 1. The molecule has 1 aliphatic rings. The maximum Gasteiger partial charge on any atom is 0.294 e. The van der Waals surface area contributed by atoms with E-state index in [2.05, 4.69) is 10.2 Å². The molecule has 9 nitrogen and oxygen atoms in total. The number of piperazine rings is 1. The molecule has 1 saturated heterocycles. The summed E-state index contributed by atoms with van der Waals surface area (Å²) in [6.45, 7) is 1.76. The maximum atomic E-state index is 12.8. The number of hydrogen-bond acceptors (Lipinski definition) is 6. The number of carbonyl (C=O) groups is 1. The van der Waals surface area contributed by atoms with Crippen LogP contribution in [-0.4, -0.2) is 56.7 Å². The Kier molecular flexibility index (Phi) is 5.56. The van der Waals surface area contributed by atoms with E-state index in [4.69, 9.17) is 23.2 Å². The van der Waals surface area contributed by atoms with Crippen molar-refractivity contribution in [2.75, 3.05) is 31.1 Å². The molecule has 11 heteroatoms. The lowest BCUT2D eigenvalue weighted by Gasteiger charge is -2.36. The summed E-state index contributed by atoms with van der Waals surface area (Å²) in [6, 6.07) is 9.74. The number of aromatic nitrogens is 3. The summed E-state index contributed by atoms with van der Waals surface area (Å²) < 4.78 is 1.60. The van der Waals surface area contributed by atoms with E-state index in [1.807, 2.05) is 4.90 Å². The van der Waals surface area contributed by atoms with Crippen molar-refractivity contribution in [1.82, 2.24) is 19.7 Å². The normalized spacial score (nSPS) is 14.1. The second-order valence-electron chi connectivity index (χ2n) is 6.70. The molecule has 30 heavy (non-hydrogen) atoms. The molecule has 1 fully saturated rings. The van der Waals surface area contributed by atoms with Gasteiger partial charge in [0.15, 0.2) is 0 Å². The van der Waals surface area contributed by atoms with Crippen molar-refractivity contribution in [2.24, 2.45) is 0 Å². The van der Waals surface area contributed by atoms with Crippen molar-refractivity contribution in [3.8, 4) is 5.69 Å². The molecular formula is C19H16Cl2N6O3. The van der Waals surface area contributed by atoms with Gasteiger partial charge < -0.3 is 9.80 Å². The van der Waals surface area contributed by atoms with Crippen molar-refractivity contribution in [1.29, 1.82) is 0 Å². The summed E-state index contributed by atoms with van der Waals surface area (Å²) >= 11 is 12.1. The minimum Gasteiger partial charge on any atom is -0.362 e. The second-order valence-corrected chi connectivity index (χ2v) is 7.55. The molecule has 0 spiro atoms. The molecule has 2 heterocycles. The first kappa shape index (κ1) is 20.1. The fourth-order valence-corrected chi connectivity index (χ4v) is 3.89. The van der Waals surface area contributed by atoms with Crippen molar-refractivity contribution in [3.05, 3.63) is 74.8 Å². The number of halogens is 2. The van der Waals surface area contributed by atoms with Crippen LogP contribution in [0.1, 0.15) is 10.4 Å². The summed E-state index contributed by atoms with van der Waals surface area (Å²) in [5.41, 5.74) is 1.48. The highest BCUT2D eigenvalue weighted by Crippen LogP contribution is 2.31. The molecular weight excluding hydrogens is 431 g/mol. The molecule has 0 unspecified atom stereocenters. The van der Waals surface area contributed by atoms with Crippen LogP contribution in [0.2, 0.25) is 10.0 Å². The highest BCUT2D eigenvalue weighted by molar-refractivity contribution is 6.36. The Morgan fingerprint density at radius 1 is 1.00 bits per heavy atom. The Labute approximate surface area is 181 Å². The second kappa shape index (κ2) is 8.29. The third kappa shape index (κ3) is 3.94. The van der Waals surface area contributed by atoms with Crippen LogP contribution >= 0.6 is 23.2 Å². The van der Waals surface area contributed by atoms with Gasteiger partial charge in [0.25, 0.3) is 11.6 Å². The Balaban J connectivity index is 1.51. The van der Waals surface area contributed by atoms with Crippen LogP contribution in [-0.2, 0) is 0 Å². The first-order chi connectivity index (χ1) is 14.4. The van der Waals surface area contributed by atoms with Gasteiger partial charge >= 0.3 is 0 Å². The zero-order valence-electron chi connectivity index (χ0n) is 15.6. The summed E-state index contributed by atoms with van der Waals surface area (Å²) in [5.74, 6) is -0.186. The predicted molar refractivity (Wildman–Crippen MR) is 113 cm³/mol. The van der Waals surface area contributed by atoms with E-state index in [0.29, 0.717) is 53.2 Å². The van der Waals surface area contributed by atoms with Gasteiger partial charge in [0.2, 0.25) is 0 Å². The molecule has 4 rings (SSSR count). The summed E-state index contributed by atoms with van der Waals surface area (Å²) in [4.78, 5) is 27.6. The Morgan fingerprint density at radius 3 is 2.33 bits per heavy atom. The van der Waals surface area contributed by atoms with Gasteiger partial charge in [-0.05, 0) is 30.3 Å². The van der Waals surface area contributed by atoms with Gasteiger partial charge in [-0.25, -0.2) is 0 Å². The molecule has 0 bridgehead atoms. The van der Waals surface area contributed by atoms with Crippen LogP contribution in [0.3, 0.4) is 0 Å². The number of nitrogens with zero attached hydrogens (tertiary/aromatic N) is 6. The number of carbonyl (C=O) groups excluding carboxylic acids is 1. The zero-order valence-corrected chi connectivity index (χ0v) is 17.1. The fourth-order valence-electron chi connectivity index (χ4n) is 3.40. The number of nitro groups is 1. The largest absolute Gasteiger partial charge is 0.362 e. The van der Waals surface area contributed by atoms with Crippen molar-refractivity contribution < 1.29 is 9.72 Å². The Morgan fingerprint density at radius 2 is 1.70 bits per heavy atom. The predicted octanol–water partition coefficient (Wildman–Crippen LogP) is 3.44. The SMILES string of the molecule is O=C(c1ccc(Cl)cc1Cl)N1CCN(c2ccc(-n3cnnc3)cc2[N+](=O)[O-])CC1. The van der Waals surface area contributed by atoms with Crippen molar-refractivity contribution >= 4 is 40.5 Å². The summed E-state index contributed by atoms with van der Waals surface area (Å²) in [6.07, 6.45) is 2.95. The standard InChI is InChI=1S/C19H16Cl2N6O3/c20-13-1-3-15(16(21)9-13)19(28)25-7-5-24(6-8-25)17-4-2-14(10-18(17)27(29)30)26-11-22-23-12-26/h1-4,9-12H,5-8H2. The molecule has 0 atom stereocenters. The van der Waals surface area contributed by atoms with E-state index in [9.17, 15) is 14.9 Å². The van der Waals surface area contributed by atoms with Gasteiger partial charge in [-0.2, -0.15) is 0 Å². The van der Waals surface area contributed by atoms with E-state index < -0.39 is 4.92 Å². The van der Waals surface area contributed by atoms with E-state index in [-0.39, 0.29) is 11.6 Å². The molecule has 0 aliphatic carbocycles. The lowest BCUT2D eigenvalue weighted by molar-refractivity contribution is -0.384. The van der Waals surface area contributed by atoms with Crippen molar-refractivity contribution in [3.63, 3.8) is 0 Å². The quantitative estimate of drug-likeness (QED) is 0.449. The molecule has 0 radical (unpaired) electrons. The minimum absolute atomic E-state index is 0.0123. The van der Waals surface area contributed by atoms with Crippen LogP contribution in [0, 0.1) is 10.1 Å². The van der Waals surface area contributed by atoms with Crippen molar-refractivity contribution in [2.45, 2.75) is 0 Å².